The van der Waals surface area contributed by atoms with Crippen molar-refractivity contribution in [3.05, 3.63) is 0 Å². The maximum Gasteiger partial charge on any atom is 0.126 e. The zero-order chi connectivity index (χ0) is 12.6. The Labute approximate surface area is 115 Å². The predicted molar refractivity (Wildman–Crippen MR) is 77.7 cm³/mol. The Morgan fingerprint density at radius 1 is 1.06 bits per heavy atom. The third-order valence-corrected chi connectivity index (χ3v) is 5.25. The summed E-state index contributed by atoms with van der Waals surface area (Å²) in [5, 5.41) is 0. The van der Waals surface area contributed by atoms with Crippen molar-refractivity contribution < 1.29 is 4.79 Å². The van der Waals surface area contributed by atoms with Gasteiger partial charge in [0.05, 0.1) is 0 Å². The molecule has 0 saturated heterocycles. The van der Waals surface area contributed by atoms with Crippen LogP contribution in [-0.4, -0.2) is 11.1 Å². The van der Waals surface area contributed by atoms with E-state index in [1.54, 1.807) is 0 Å². The van der Waals surface area contributed by atoms with Gasteiger partial charge in [-0.1, -0.05) is 61.4 Å². The van der Waals surface area contributed by atoms with E-state index in [0.717, 1.165) is 24.1 Å². The van der Waals surface area contributed by atoms with E-state index in [1.807, 2.05) is 0 Å². The number of carbonyl (C=O) groups excluding carboxylic acids is 1. The van der Waals surface area contributed by atoms with Gasteiger partial charge < -0.3 is 4.79 Å². The minimum Gasteiger partial charge on any atom is -0.303 e. The predicted octanol–water partition coefficient (Wildman–Crippen LogP) is 5.26. The zero-order valence-electron chi connectivity index (χ0n) is 11.2. The Morgan fingerprint density at radius 2 is 1.59 bits per heavy atom. The van der Waals surface area contributed by atoms with Crippen LogP contribution < -0.4 is 0 Å². The molecule has 0 radical (unpaired) electrons. The summed E-state index contributed by atoms with van der Waals surface area (Å²) in [4.78, 5) is 12.1. The summed E-state index contributed by atoms with van der Waals surface area (Å²) in [5.74, 6) is 0. The first kappa shape index (κ1) is 15.2. The second-order valence-corrected chi connectivity index (χ2v) is 6.92. The van der Waals surface area contributed by atoms with Crippen molar-refractivity contribution in [1.82, 2.24) is 0 Å². The molecule has 1 aliphatic carbocycles. The van der Waals surface area contributed by atoms with Crippen molar-refractivity contribution in [2.24, 2.45) is 5.41 Å². The van der Waals surface area contributed by atoms with Crippen LogP contribution in [-0.2, 0) is 4.79 Å². The number of rotatable bonds is 2. The summed E-state index contributed by atoms with van der Waals surface area (Å²) in [7, 11) is 0. The highest BCUT2D eigenvalue weighted by Gasteiger charge is 2.26. The van der Waals surface area contributed by atoms with Gasteiger partial charge in [-0.2, -0.15) is 0 Å². The highest BCUT2D eigenvalue weighted by molar-refractivity contribution is 9.09. The van der Waals surface area contributed by atoms with E-state index in [0.29, 0.717) is 0 Å². The van der Waals surface area contributed by atoms with Crippen LogP contribution in [0.15, 0.2) is 0 Å². The van der Waals surface area contributed by atoms with Crippen molar-refractivity contribution in [3.63, 3.8) is 0 Å². The molecule has 100 valence electrons. The Morgan fingerprint density at radius 3 is 2.00 bits per heavy atom. The normalized spacial score (nSPS) is 33.4. The first-order chi connectivity index (χ1) is 8.22. The fourth-order valence-electron chi connectivity index (χ4n) is 2.86. The molecule has 0 aliphatic heterocycles. The maximum atomic E-state index is 11.4. The van der Waals surface area contributed by atoms with E-state index < -0.39 is 0 Å². The van der Waals surface area contributed by atoms with Crippen molar-refractivity contribution >= 4 is 22.2 Å². The van der Waals surface area contributed by atoms with Crippen LogP contribution in [0, 0.1) is 5.41 Å². The molecule has 0 atom stereocenters. The van der Waals surface area contributed by atoms with Gasteiger partial charge in [0, 0.05) is 10.2 Å². The Hall–Kier alpha value is 0.150. The molecule has 0 aromatic rings. The topological polar surface area (TPSA) is 17.1 Å². The molecule has 0 unspecified atom stereocenters. The van der Waals surface area contributed by atoms with Gasteiger partial charge >= 0.3 is 0 Å². The first-order valence-corrected chi connectivity index (χ1v) is 8.24. The summed E-state index contributed by atoms with van der Waals surface area (Å²) in [6, 6.07) is 0. The quantitative estimate of drug-likeness (QED) is 0.502. The standard InChI is InChI=1S/C15H27BrO/c1-2-15(13-17)11-7-3-5-9-14(16)10-6-4-8-12-15/h13-14H,2-12H2,1H3. The minimum absolute atomic E-state index is 0.00695. The van der Waals surface area contributed by atoms with Crippen molar-refractivity contribution in [1.29, 1.82) is 0 Å². The summed E-state index contributed by atoms with van der Waals surface area (Å²) >= 11 is 3.77. The molecule has 0 spiro atoms. The van der Waals surface area contributed by atoms with E-state index in [9.17, 15) is 4.79 Å². The largest absolute Gasteiger partial charge is 0.303 e. The molecule has 0 aromatic heterocycles. The molecule has 0 N–H and O–H groups in total. The van der Waals surface area contributed by atoms with Crippen molar-refractivity contribution in [2.45, 2.75) is 82.4 Å². The second kappa shape index (κ2) is 8.29. The van der Waals surface area contributed by atoms with Crippen molar-refractivity contribution in [2.75, 3.05) is 0 Å². The molecule has 17 heavy (non-hydrogen) atoms. The van der Waals surface area contributed by atoms with Crippen LogP contribution >= 0.6 is 15.9 Å². The van der Waals surface area contributed by atoms with Crippen molar-refractivity contribution in [3.8, 4) is 0 Å². The molecular weight excluding hydrogens is 276 g/mol. The minimum atomic E-state index is 0.00695. The van der Waals surface area contributed by atoms with E-state index in [2.05, 4.69) is 22.9 Å². The average molecular weight is 303 g/mol. The Kier molecular flexibility index (Phi) is 7.41. The van der Waals surface area contributed by atoms with Gasteiger partial charge in [0.2, 0.25) is 0 Å². The molecular formula is C15H27BrO. The second-order valence-electron chi connectivity index (χ2n) is 5.63. The number of hydrogen-bond acceptors (Lipinski definition) is 1. The van der Waals surface area contributed by atoms with E-state index in [-0.39, 0.29) is 5.41 Å². The molecule has 0 amide bonds. The van der Waals surface area contributed by atoms with Gasteiger partial charge in [-0.3, -0.25) is 0 Å². The fourth-order valence-corrected chi connectivity index (χ4v) is 3.51. The van der Waals surface area contributed by atoms with Crippen LogP contribution in [0.1, 0.15) is 77.6 Å². The lowest BCUT2D eigenvalue weighted by Gasteiger charge is -2.27. The summed E-state index contributed by atoms with van der Waals surface area (Å²) in [6.07, 6.45) is 14.8. The molecule has 1 fully saturated rings. The fraction of sp³-hybridized carbons (Fsp3) is 0.933. The average Bonchev–Trinajstić information content (AvgIpc) is 2.34. The van der Waals surface area contributed by atoms with Crippen LogP contribution in [0.5, 0.6) is 0 Å². The molecule has 2 heteroatoms. The third-order valence-electron chi connectivity index (χ3n) is 4.34. The van der Waals surface area contributed by atoms with E-state index in [4.69, 9.17) is 0 Å². The van der Waals surface area contributed by atoms with Gasteiger partial charge in [0.15, 0.2) is 0 Å². The summed E-state index contributed by atoms with van der Waals surface area (Å²) < 4.78 is 0. The van der Waals surface area contributed by atoms with Gasteiger partial charge in [-0.25, -0.2) is 0 Å². The zero-order valence-corrected chi connectivity index (χ0v) is 12.8. The number of aldehydes is 1. The number of halogens is 1. The van der Waals surface area contributed by atoms with Gasteiger partial charge in [0.25, 0.3) is 0 Å². The monoisotopic (exact) mass is 302 g/mol. The smallest absolute Gasteiger partial charge is 0.126 e. The lowest BCUT2D eigenvalue weighted by atomic mass is 9.77. The SMILES string of the molecule is CCC1(C=O)CCCCCC(Br)CCCCC1. The number of alkyl halides is 1. The first-order valence-electron chi connectivity index (χ1n) is 7.33. The van der Waals surface area contributed by atoms with Gasteiger partial charge in [-0.05, 0) is 32.1 Å². The lowest BCUT2D eigenvalue weighted by Crippen LogP contribution is -2.22. The van der Waals surface area contributed by atoms with Gasteiger partial charge in [-0.15, -0.1) is 0 Å². The maximum absolute atomic E-state index is 11.4. The third kappa shape index (κ3) is 5.54. The molecule has 1 saturated carbocycles. The van der Waals surface area contributed by atoms with Gasteiger partial charge in [0.1, 0.15) is 6.29 Å². The van der Waals surface area contributed by atoms with Crippen LogP contribution in [0.4, 0.5) is 0 Å². The van der Waals surface area contributed by atoms with Crippen LogP contribution in [0.2, 0.25) is 0 Å². The van der Waals surface area contributed by atoms with Crippen LogP contribution in [0.25, 0.3) is 0 Å². The highest BCUT2D eigenvalue weighted by atomic mass is 79.9. The highest BCUT2D eigenvalue weighted by Crippen LogP contribution is 2.34. The molecule has 1 nitrogen and oxygen atoms in total. The Bertz CT molecular complexity index is 201. The molecule has 1 aliphatic rings. The molecule has 0 heterocycles. The summed E-state index contributed by atoms with van der Waals surface area (Å²) in [5.41, 5.74) is 0.00695. The molecule has 0 aromatic carbocycles. The number of hydrogen-bond donors (Lipinski definition) is 0. The molecule has 0 bridgehead atoms. The molecule has 1 rings (SSSR count). The van der Waals surface area contributed by atoms with E-state index >= 15 is 0 Å². The summed E-state index contributed by atoms with van der Waals surface area (Å²) in [6.45, 7) is 2.18. The van der Waals surface area contributed by atoms with E-state index in [1.165, 1.54) is 57.7 Å². The lowest BCUT2D eigenvalue weighted by molar-refractivity contribution is -0.117. The van der Waals surface area contributed by atoms with Crippen LogP contribution in [0.3, 0.4) is 0 Å². The Balaban J connectivity index is 2.47. The number of carbonyl (C=O) groups is 1.